The second-order valence-electron chi connectivity index (χ2n) is 6.40. The van der Waals surface area contributed by atoms with Gasteiger partial charge >= 0.3 is 0 Å². The second-order valence-corrected chi connectivity index (χ2v) is 6.40. The smallest absolute Gasteiger partial charge is 0.0924 e. The van der Waals surface area contributed by atoms with Crippen molar-refractivity contribution in [3.63, 3.8) is 0 Å². The van der Waals surface area contributed by atoms with Crippen molar-refractivity contribution in [2.45, 2.75) is 110 Å². The van der Waals surface area contributed by atoms with E-state index < -0.39 is 0 Å². The summed E-state index contributed by atoms with van der Waals surface area (Å²) in [6, 6.07) is 2.21. The van der Waals surface area contributed by atoms with Gasteiger partial charge in [0.25, 0.3) is 0 Å². The molecule has 0 aliphatic heterocycles. The third-order valence-corrected chi connectivity index (χ3v) is 4.17. The Morgan fingerprint density at radius 2 is 1.10 bits per heavy atom. The maximum atomic E-state index is 8.64. The van der Waals surface area contributed by atoms with Gasteiger partial charge in [-0.25, -0.2) is 0 Å². The molecule has 0 rings (SSSR count). The Balaban J connectivity index is 2.98. The van der Waals surface area contributed by atoms with E-state index in [1.807, 2.05) is 6.92 Å². The first-order chi connectivity index (χ1) is 10.3. The highest BCUT2D eigenvalue weighted by Crippen LogP contribution is 2.12. The molecule has 0 spiro atoms. The van der Waals surface area contributed by atoms with Crippen molar-refractivity contribution in [3.8, 4) is 6.07 Å². The van der Waals surface area contributed by atoms with Crippen LogP contribution in [-0.2, 0) is 0 Å². The van der Waals surface area contributed by atoms with E-state index >= 15 is 0 Å². The SMILES string of the molecule is CCCCCCCCCCCCCCCCNC(C)C#N. The van der Waals surface area contributed by atoms with Crippen molar-refractivity contribution in [1.82, 2.24) is 5.32 Å². The fourth-order valence-corrected chi connectivity index (χ4v) is 2.68. The van der Waals surface area contributed by atoms with E-state index in [4.69, 9.17) is 5.26 Å². The molecule has 1 N–H and O–H groups in total. The highest BCUT2D eigenvalue weighted by molar-refractivity contribution is 4.84. The molecule has 0 fully saturated rings. The van der Waals surface area contributed by atoms with Crippen molar-refractivity contribution >= 4 is 0 Å². The van der Waals surface area contributed by atoms with Gasteiger partial charge in [-0.05, 0) is 19.9 Å². The van der Waals surface area contributed by atoms with Crippen LogP contribution in [0.5, 0.6) is 0 Å². The lowest BCUT2D eigenvalue weighted by Gasteiger charge is -2.05. The number of nitriles is 1. The molecule has 0 aromatic heterocycles. The van der Waals surface area contributed by atoms with Gasteiger partial charge in [-0.2, -0.15) is 5.26 Å². The van der Waals surface area contributed by atoms with Crippen LogP contribution in [0, 0.1) is 11.3 Å². The molecule has 0 aromatic carbocycles. The third kappa shape index (κ3) is 17.4. The van der Waals surface area contributed by atoms with Gasteiger partial charge in [0.1, 0.15) is 0 Å². The molecule has 0 bridgehead atoms. The maximum absolute atomic E-state index is 8.64. The Kier molecular flexibility index (Phi) is 17.0. The quantitative estimate of drug-likeness (QED) is 0.356. The van der Waals surface area contributed by atoms with Crippen molar-refractivity contribution in [3.05, 3.63) is 0 Å². The maximum Gasteiger partial charge on any atom is 0.0924 e. The molecule has 124 valence electrons. The molecular formula is C19H38N2. The van der Waals surface area contributed by atoms with Crippen LogP contribution in [0.15, 0.2) is 0 Å². The van der Waals surface area contributed by atoms with Crippen LogP contribution in [-0.4, -0.2) is 12.6 Å². The van der Waals surface area contributed by atoms with Gasteiger partial charge in [0.15, 0.2) is 0 Å². The molecule has 21 heavy (non-hydrogen) atoms. The minimum absolute atomic E-state index is 0.00646. The van der Waals surface area contributed by atoms with Crippen LogP contribution in [0.3, 0.4) is 0 Å². The number of rotatable bonds is 16. The predicted molar refractivity (Wildman–Crippen MR) is 93.4 cm³/mol. The summed E-state index contributed by atoms with van der Waals surface area (Å²) in [5.41, 5.74) is 0. The van der Waals surface area contributed by atoms with Gasteiger partial charge in [-0.3, -0.25) is 0 Å². The van der Waals surface area contributed by atoms with E-state index in [9.17, 15) is 0 Å². The van der Waals surface area contributed by atoms with Gasteiger partial charge in [0.2, 0.25) is 0 Å². The Labute approximate surface area is 133 Å². The molecule has 0 amide bonds. The van der Waals surface area contributed by atoms with Crippen molar-refractivity contribution in [2.75, 3.05) is 6.54 Å². The highest BCUT2D eigenvalue weighted by atomic mass is 14.9. The first kappa shape index (κ1) is 20.5. The standard InChI is InChI=1S/C19H38N2/c1-3-4-5-6-7-8-9-10-11-12-13-14-15-16-17-21-19(2)18-20/h19,21H,3-17H2,1-2H3. The Hall–Kier alpha value is -0.550. The second kappa shape index (κ2) is 17.5. The van der Waals surface area contributed by atoms with E-state index in [-0.39, 0.29) is 6.04 Å². The molecule has 1 atom stereocenters. The highest BCUT2D eigenvalue weighted by Gasteiger charge is 1.97. The fourth-order valence-electron chi connectivity index (χ4n) is 2.68. The van der Waals surface area contributed by atoms with Crippen molar-refractivity contribution in [1.29, 1.82) is 5.26 Å². The van der Waals surface area contributed by atoms with E-state index in [0.717, 1.165) is 6.54 Å². The lowest BCUT2D eigenvalue weighted by Crippen LogP contribution is -2.25. The number of unbranched alkanes of at least 4 members (excludes halogenated alkanes) is 13. The number of nitrogens with one attached hydrogen (secondary N) is 1. The number of hydrogen-bond donors (Lipinski definition) is 1. The van der Waals surface area contributed by atoms with Gasteiger partial charge in [0.05, 0.1) is 12.1 Å². The molecule has 0 heterocycles. The third-order valence-electron chi connectivity index (χ3n) is 4.17. The van der Waals surface area contributed by atoms with Crippen LogP contribution < -0.4 is 5.32 Å². The van der Waals surface area contributed by atoms with Crippen molar-refractivity contribution < 1.29 is 0 Å². The molecule has 0 aromatic rings. The fraction of sp³-hybridized carbons (Fsp3) is 0.947. The topological polar surface area (TPSA) is 35.8 Å². The molecule has 0 saturated heterocycles. The summed E-state index contributed by atoms with van der Waals surface area (Å²) in [6.07, 6.45) is 19.6. The Bertz CT molecular complexity index is 232. The van der Waals surface area contributed by atoms with Gasteiger partial charge in [-0.15, -0.1) is 0 Å². The summed E-state index contributed by atoms with van der Waals surface area (Å²) in [6.45, 7) is 5.19. The molecular weight excluding hydrogens is 256 g/mol. The predicted octanol–water partition coefficient (Wildman–Crippen LogP) is 5.97. The minimum Gasteiger partial charge on any atom is -0.302 e. The molecule has 0 aliphatic rings. The average molecular weight is 295 g/mol. The summed E-state index contributed by atoms with van der Waals surface area (Å²) in [4.78, 5) is 0. The molecule has 0 radical (unpaired) electrons. The molecule has 2 heteroatoms. The summed E-state index contributed by atoms with van der Waals surface area (Å²) in [7, 11) is 0. The zero-order chi connectivity index (χ0) is 15.6. The lowest BCUT2D eigenvalue weighted by molar-refractivity contribution is 0.526. The molecule has 0 aliphatic carbocycles. The minimum atomic E-state index is 0.00646. The number of hydrogen-bond acceptors (Lipinski definition) is 2. The largest absolute Gasteiger partial charge is 0.302 e. The summed E-state index contributed by atoms with van der Waals surface area (Å²) >= 11 is 0. The first-order valence-electron chi connectivity index (χ1n) is 9.44. The van der Waals surface area contributed by atoms with Gasteiger partial charge in [0, 0.05) is 0 Å². The number of nitrogens with zero attached hydrogens (tertiary/aromatic N) is 1. The van der Waals surface area contributed by atoms with Gasteiger partial charge in [-0.1, -0.05) is 90.4 Å². The van der Waals surface area contributed by atoms with Crippen LogP contribution in [0.1, 0.15) is 104 Å². The normalized spacial score (nSPS) is 12.2. The zero-order valence-electron chi connectivity index (χ0n) is 14.6. The van der Waals surface area contributed by atoms with Crippen LogP contribution in [0.4, 0.5) is 0 Å². The van der Waals surface area contributed by atoms with Crippen LogP contribution >= 0.6 is 0 Å². The van der Waals surface area contributed by atoms with Gasteiger partial charge < -0.3 is 5.32 Å². The summed E-state index contributed by atoms with van der Waals surface area (Å²) < 4.78 is 0. The Morgan fingerprint density at radius 1 is 0.714 bits per heavy atom. The van der Waals surface area contributed by atoms with Crippen molar-refractivity contribution in [2.24, 2.45) is 0 Å². The first-order valence-corrected chi connectivity index (χ1v) is 9.44. The van der Waals surface area contributed by atoms with E-state index in [0.29, 0.717) is 0 Å². The van der Waals surface area contributed by atoms with E-state index in [2.05, 4.69) is 18.3 Å². The van der Waals surface area contributed by atoms with E-state index in [1.165, 1.54) is 89.9 Å². The average Bonchev–Trinajstić information content (AvgIpc) is 2.50. The van der Waals surface area contributed by atoms with Crippen LogP contribution in [0.25, 0.3) is 0 Å². The van der Waals surface area contributed by atoms with Crippen LogP contribution in [0.2, 0.25) is 0 Å². The molecule has 0 saturated carbocycles. The summed E-state index contributed by atoms with van der Waals surface area (Å²) in [5, 5.41) is 11.9. The lowest BCUT2D eigenvalue weighted by atomic mass is 10.0. The summed E-state index contributed by atoms with van der Waals surface area (Å²) in [5.74, 6) is 0. The molecule has 1 unspecified atom stereocenters. The Morgan fingerprint density at radius 3 is 1.48 bits per heavy atom. The molecule has 2 nitrogen and oxygen atoms in total. The van der Waals surface area contributed by atoms with E-state index in [1.54, 1.807) is 0 Å². The zero-order valence-corrected chi connectivity index (χ0v) is 14.6. The monoisotopic (exact) mass is 294 g/mol.